The van der Waals surface area contributed by atoms with Crippen LogP contribution in [-0.2, 0) is 4.79 Å². The second kappa shape index (κ2) is 5.37. The maximum Gasteiger partial charge on any atom is 0.242 e. The van der Waals surface area contributed by atoms with Crippen LogP contribution < -0.4 is 10.6 Å². The van der Waals surface area contributed by atoms with Crippen LogP contribution in [0.15, 0.2) is 16.6 Å². The Labute approximate surface area is 112 Å². The molecule has 3 nitrogen and oxygen atoms in total. The van der Waals surface area contributed by atoms with E-state index in [-0.39, 0.29) is 17.8 Å². The Balaban J connectivity index is 2.12. The molecule has 17 heavy (non-hydrogen) atoms. The average molecular weight is 319 g/mol. The highest BCUT2D eigenvalue weighted by Gasteiger charge is 2.23. The van der Waals surface area contributed by atoms with Gasteiger partial charge >= 0.3 is 0 Å². The first-order valence-electron chi connectivity index (χ1n) is 5.15. The Morgan fingerprint density at radius 1 is 1.65 bits per heavy atom. The van der Waals surface area contributed by atoms with Gasteiger partial charge in [0.2, 0.25) is 5.91 Å². The predicted molar refractivity (Wildman–Crippen MR) is 71.7 cm³/mol. The van der Waals surface area contributed by atoms with Gasteiger partial charge in [0.25, 0.3) is 0 Å². The van der Waals surface area contributed by atoms with Crippen molar-refractivity contribution in [3.63, 3.8) is 0 Å². The minimum absolute atomic E-state index is 0.111. The Morgan fingerprint density at radius 3 is 3.06 bits per heavy atom. The van der Waals surface area contributed by atoms with Crippen molar-refractivity contribution in [3.05, 3.63) is 28.0 Å². The monoisotopic (exact) mass is 318 g/mol. The number of nitrogens with one attached hydrogen (secondary N) is 2. The molecule has 0 saturated carbocycles. The number of benzene rings is 1. The van der Waals surface area contributed by atoms with Gasteiger partial charge in [-0.05, 0) is 40.5 Å². The maximum absolute atomic E-state index is 13.4. The van der Waals surface area contributed by atoms with Crippen molar-refractivity contribution in [1.29, 1.82) is 0 Å². The van der Waals surface area contributed by atoms with E-state index in [1.807, 2.05) is 6.92 Å². The molecule has 1 aromatic rings. The van der Waals surface area contributed by atoms with Gasteiger partial charge in [-0.3, -0.25) is 10.1 Å². The van der Waals surface area contributed by atoms with Crippen molar-refractivity contribution in [1.82, 2.24) is 5.32 Å². The van der Waals surface area contributed by atoms with Crippen molar-refractivity contribution in [2.75, 3.05) is 16.9 Å². The van der Waals surface area contributed by atoms with Crippen molar-refractivity contribution in [2.24, 2.45) is 0 Å². The summed E-state index contributed by atoms with van der Waals surface area (Å²) in [5, 5.41) is 5.81. The summed E-state index contributed by atoms with van der Waals surface area (Å²) in [7, 11) is 0. The van der Waals surface area contributed by atoms with Gasteiger partial charge in [-0.1, -0.05) is 0 Å². The molecule has 1 atom stereocenters. The van der Waals surface area contributed by atoms with Crippen LogP contribution >= 0.6 is 27.7 Å². The highest BCUT2D eigenvalue weighted by Crippen LogP contribution is 2.24. The largest absolute Gasteiger partial charge is 0.324 e. The molecule has 1 saturated heterocycles. The van der Waals surface area contributed by atoms with Gasteiger partial charge in [0.1, 0.15) is 5.82 Å². The van der Waals surface area contributed by atoms with Gasteiger partial charge in [0.15, 0.2) is 0 Å². The van der Waals surface area contributed by atoms with E-state index >= 15 is 0 Å². The summed E-state index contributed by atoms with van der Waals surface area (Å²) >= 11 is 4.79. The third-order valence-corrected chi connectivity index (χ3v) is 4.11. The standard InChI is InChI=1S/C11H12BrFN2OS/c1-6-2-7(12)8(13)3-9(6)15-11(16)10-4-17-5-14-10/h2-3,10,14H,4-5H2,1H3,(H,15,16). The molecular weight excluding hydrogens is 307 g/mol. The lowest BCUT2D eigenvalue weighted by molar-refractivity contribution is -0.117. The quantitative estimate of drug-likeness (QED) is 0.880. The van der Waals surface area contributed by atoms with Crippen LogP contribution in [0.1, 0.15) is 5.56 Å². The van der Waals surface area contributed by atoms with E-state index in [4.69, 9.17) is 0 Å². The average Bonchev–Trinajstić information content (AvgIpc) is 2.79. The lowest BCUT2D eigenvalue weighted by atomic mass is 10.2. The molecule has 0 spiro atoms. The summed E-state index contributed by atoms with van der Waals surface area (Å²) in [4.78, 5) is 11.8. The van der Waals surface area contributed by atoms with Crippen LogP contribution in [0.3, 0.4) is 0 Å². The highest BCUT2D eigenvalue weighted by atomic mass is 79.9. The lowest BCUT2D eigenvalue weighted by Crippen LogP contribution is -2.37. The lowest BCUT2D eigenvalue weighted by Gasteiger charge is -2.13. The molecule has 0 aromatic heterocycles. The van der Waals surface area contributed by atoms with Crippen molar-refractivity contribution >= 4 is 39.3 Å². The first-order valence-corrected chi connectivity index (χ1v) is 7.10. The smallest absolute Gasteiger partial charge is 0.242 e. The number of carbonyl (C=O) groups is 1. The van der Waals surface area contributed by atoms with Gasteiger partial charge < -0.3 is 5.32 Å². The van der Waals surface area contributed by atoms with Crippen LogP contribution in [-0.4, -0.2) is 23.6 Å². The number of thioether (sulfide) groups is 1. The number of hydrogen-bond donors (Lipinski definition) is 2. The van der Waals surface area contributed by atoms with Crippen molar-refractivity contribution in [3.8, 4) is 0 Å². The van der Waals surface area contributed by atoms with E-state index in [1.54, 1.807) is 17.8 Å². The van der Waals surface area contributed by atoms with Gasteiger partial charge in [0, 0.05) is 17.3 Å². The summed E-state index contributed by atoms with van der Waals surface area (Å²) in [6, 6.07) is 2.80. The maximum atomic E-state index is 13.4. The number of hydrogen-bond acceptors (Lipinski definition) is 3. The number of carbonyl (C=O) groups excluding carboxylic acids is 1. The first kappa shape index (κ1) is 12.9. The molecule has 1 fully saturated rings. The van der Waals surface area contributed by atoms with Crippen LogP contribution in [0.5, 0.6) is 0 Å². The molecule has 1 aliphatic rings. The Kier molecular flexibility index (Phi) is 4.06. The molecule has 6 heteroatoms. The third kappa shape index (κ3) is 3.00. The minimum Gasteiger partial charge on any atom is -0.324 e. The zero-order valence-corrected chi connectivity index (χ0v) is 11.6. The number of anilines is 1. The fourth-order valence-electron chi connectivity index (χ4n) is 1.56. The van der Waals surface area contributed by atoms with Gasteiger partial charge in [0.05, 0.1) is 10.5 Å². The molecule has 1 aliphatic heterocycles. The molecule has 0 bridgehead atoms. The first-order chi connectivity index (χ1) is 8.08. The topological polar surface area (TPSA) is 41.1 Å². The fourth-order valence-corrected chi connectivity index (χ4v) is 2.96. The van der Waals surface area contributed by atoms with E-state index in [2.05, 4.69) is 26.6 Å². The van der Waals surface area contributed by atoms with E-state index in [9.17, 15) is 9.18 Å². The highest BCUT2D eigenvalue weighted by molar-refractivity contribution is 9.10. The molecule has 1 unspecified atom stereocenters. The number of rotatable bonds is 2. The Hall–Kier alpha value is -0.590. The molecule has 1 heterocycles. The molecule has 2 rings (SSSR count). The molecule has 1 aromatic carbocycles. The predicted octanol–water partition coefficient (Wildman–Crippen LogP) is 2.50. The normalized spacial score (nSPS) is 19.4. The summed E-state index contributed by atoms with van der Waals surface area (Å²) in [5.74, 6) is 1.05. The van der Waals surface area contributed by atoms with Gasteiger partial charge in [-0.25, -0.2) is 4.39 Å². The molecule has 1 amide bonds. The number of amides is 1. The van der Waals surface area contributed by atoms with Gasteiger partial charge in [-0.15, -0.1) is 11.8 Å². The van der Waals surface area contributed by atoms with Crippen LogP contribution in [0.25, 0.3) is 0 Å². The van der Waals surface area contributed by atoms with E-state index in [0.29, 0.717) is 10.2 Å². The zero-order chi connectivity index (χ0) is 12.4. The molecular formula is C11H12BrFN2OS. The Bertz CT molecular complexity index is 449. The number of halogens is 2. The zero-order valence-electron chi connectivity index (χ0n) is 9.22. The summed E-state index contributed by atoms with van der Waals surface area (Å²) in [6.07, 6.45) is 0. The minimum atomic E-state index is -0.375. The summed E-state index contributed by atoms with van der Waals surface area (Å²) in [6.45, 7) is 1.83. The summed E-state index contributed by atoms with van der Waals surface area (Å²) < 4.78 is 13.8. The summed E-state index contributed by atoms with van der Waals surface area (Å²) in [5.41, 5.74) is 1.35. The third-order valence-electron chi connectivity index (χ3n) is 2.56. The Morgan fingerprint density at radius 2 is 2.41 bits per heavy atom. The second-order valence-electron chi connectivity index (χ2n) is 3.84. The van der Waals surface area contributed by atoms with Crippen molar-refractivity contribution < 1.29 is 9.18 Å². The van der Waals surface area contributed by atoms with E-state index in [0.717, 1.165) is 17.2 Å². The molecule has 92 valence electrons. The van der Waals surface area contributed by atoms with E-state index in [1.165, 1.54) is 6.07 Å². The fraction of sp³-hybridized carbons (Fsp3) is 0.364. The van der Waals surface area contributed by atoms with Crippen LogP contribution in [0.4, 0.5) is 10.1 Å². The molecule has 0 radical (unpaired) electrons. The molecule has 0 aliphatic carbocycles. The van der Waals surface area contributed by atoms with Gasteiger partial charge in [-0.2, -0.15) is 0 Å². The van der Waals surface area contributed by atoms with E-state index < -0.39 is 0 Å². The second-order valence-corrected chi connectivity index (χ2v) is 5.73. The molecule has 2 N–H and O–H groups in total. The van der Waals surface area contributed by atoms with Crippen molar-refractivity contribution in [2.45, 2.75) is 13.0 Å². The number of aryl methyl sites for hydroxylation is 1. The van der Waals surface area contributed by atoms with Crippen LogP contribution in [0.2, 0.25) is 0 Å². The SMILES string of the molecule is Cc1cc(Br)c(F)cc1NC(=O)C1CSCN1. The van der Waals surface area contributed by atoms with Crippen LogP contribution in [0, 0.1) is 12.7 Å².